The Morgan fingerprint density at radius 1 is 1.21 bits per heavy atom. The van der Waals surface area contributed by atoms with Crippen molar-refractivity contribution in [2.24, 2.45) is 4.99 Å². The topological polar surface area (TPSA) is 47.9 Å². The Bertz CT molecular complexity index is 844. The number of rotatable bonds is 4. The number of carbonyl (C=O) groups excluding carboxylic acids is 1. The Hall–Kier alpha value is -2.05. The van der Waals surface area contributed by atoms with Crippen LogP contribution in [0.1, 0.15) is 11.1 Å². The molecule has 0 fully saturated rings. The first-order chi connectivity index (χ1) is 11.6. The number of ether oxygens (including phenoxy) is 2. The predicted octanol–water partition coefficient (Wildman–Crippen LogP) is 4.52. The van der Waals surface area contributed by atoms with Gasteiger partial charge < -0.3 is 9.47 Å². The van der Waals surface area contributed by atoms with Gasteiger partial charge in [-0.05, 0) is 48.2 Å². The van der Waals surface area contributed by atoms with Crippen molar-refractivity contribution in [3.63, 3.8) is 0 Å². The lowest BCUT2D eigenvalue weighted by molar-refractivity contribution is -0.129. The number of cyclic esters (lactones) is 1. The van der Waals surface area contributed by atoms with Gasteiger partial charge in [0.05, 0.1) is 12.7 Å². The number of hydrogen-bond acceptors (Lipinski definition) is 5. The third kappa shape index (κ3) is 3.55. The number of thioether (sulfide) groups is 1. The molecule has 6 heteroatoms. The quantitative estimate of drug-likeness (QED) is 0.427. The minimum absolute atomic E-state index is 0.241. The highest BCUT2D eigenvalue weighted by molar-refractivity contribution is 9.10. The van der Waals surface area contributed by atoms with Crippen LogP contribution in [0.3, 0.4) is 0 Å². The van der Waals surface area contributed by atoms with Crippen molar-refractivity contribution in [1.82, 2.24) is 0 Å². The van der Waals surface area contributed by atoms with Gasteiger partial charge in [-0.25, -0.2) is 9.79 Å². The van der Waals surface area contributed by atoms with Crippen molar-refractivity contribution in [2.45, 2.75) is 4.90 Å². The molecular formula is C18H14BrNO3S. The van der Waals surface area contributed by atoms with Gasteiger partial charge in [-0.15, -0.1) is 11.8 Å². The maximum absolute atomic E-state index is 12.1. The smallest absolute Gasteiger partial charge is 0.363 e. The average Bonchev–Trinajstić information content (AvgIpc) is 2.96. The Morgan fingerprint density at radius 2 is 1.96 bits per heavy atom. The van der Waals surface area contributed by atoms with E-state index >= 15 is 0 Å². The number of carbonyl (C=O) groups is 1. The van der Waals surface area contributed by atoms with E-state index in [1.807, 2.05) is 36.6 Å². The van der Waals surface area contributed by atoms with Gasteiger partial charge in [-0.1, -0.05) is 28.1 Å². The molecule has 0 aliphatic carbocycles. The zero-order chi connectivity index (χ0) is 17.1. The van der Waals surface area contributed by atoms with Crippen LogP contribution in [0.15, 0.2) is 62.5 Å². The zero-order valence-electron chi connectivity index (χ0n) is 13.1. The number of aliphatic imine (C=N–C) groups is 1. The molecule has 0 amide bonds. The minimum atomic E-state index is -0.471. The lowest BCUT2D eigenvalue weighted by atomic mass is 10.2. The fourth-order valence-corrected chi connectivity index (χ4v) is 3.00. The Balaban J connectivity index is 1.95. The Kier molecular flexibility index (Phi) is 5.06. The molecule has 0 aromatic heterocycles. The Labute approximate surface area is 152 Å². The molecule has 0 atom stereocenters. The van der Waals surface area contributed by atoms with Gasteiger partial charge in [0.2, 0.25) is 5.90 Å². The third-order valence-electron chi connectivity index (χ3n) is 3.43. The number of benzene rings is 2. The first-order valence-corrected chi connectivity index (χ1v) is 9.13. The highest BCUT2D eigenvalue weighted by atomic mass is 79.9. The summed E-state index contributed by atoms with van der Waals surface area (Å²) >= 11 is 5.07. The first kappa shape index (κ1) is 16.8. The van der Waals surface area contributed by atoms with Gasteiger partial charge in [0.25, 0.3) is 0 Å². The van der Waals surface area contributed by atoms with Crippen LogP contribution in [-0.4, -0.2) is 25.2 Å². The van der Waals surface area contributed by atoms with Crippen LogP contribution in [0.2, 0.25) is 0 Å². The molecule has 0 spiro atoms. The molecule has 2 aromatic rings. The van der Waals surface area contributed by atoms with Crippen molar-refractivity contribution >= 4 is 45.6 Å². The summed E-state index contributed by atoms with van der Waals surface area (Å²) in [5.74, 6) is 0.362. The molecule has 24 heavy (non-hydrogen) atoms. The van der Waals surface area contributed by atoms with Crippen LogP contribution in [0.25, 0.3) is 6.08 Å². The molecule has 0 bridgehead atoms. The van der Waals surface area contributed by atoms with Gasteiger partial charge in [0, 0.05) is 9.37 Å². The van der Waals surface area contributed by atoms with Crippen molar-refractivity contribution < 1.29 is 14.3 Å². The number of nitrogens with zero attached hydrogens (tertiary/aromatic N) is 1. The highest BCUT2D eigenvalue weighted by Crippen LogP contribution is 2.28. The maximum Gasteiger partial charge on any atom is 0.363 e. The summed E-state index contributed by atoms with van der Waals surface area (Å²) in [5.41, 5.74) is 1.79. The van der Waals surface area contributed by atoms with Gasteiger partial charge in [-0.3, -0.25) is 0 Å². The summed E-state index contributed by atoms with van der Waals surface area (Å²) in [6, 6.07) is 13.3. The number of esters is 1. The standard InChI is InChI=1S/C18H14BrNO3S/c1-22-16-8-5-12(19)10-14(16)17-20-15(18(21)23-17)9-11-3-6-13(24-2)7-4-11/h3-10H,1-2H3/b15-9+. The van der Waals surface area contributed by atoms with E-state index in [2.05, 4.69) is 20.9 Å². The summed E-state index contributed by atoms with van der Waals surface area (Å²) < 4.78 is 11.5. The largest absolute Gasteiger partial charge is 0.496 e. The highest BCUT2D eigenvalue weighted by Gasteiger charge is 2.26. The zero-order valence-corrected chi connectivity index (χ0v) is 15.5. The van der Waals surface area contributed by atoms with E-state index in [9.17, 15) is 4.79 Å². The minimum Gasteiger partial charge on any atom is -0.496 e. The summed E-state index contributed by atoms with van der Waals surface area (Å²) in [7, 11) is 1.56. The molecule has 1 aliphatic heterocycles. The second-order valence-corrected chi connectivity index (χ2v) is 6.75. The second kappa shape index (κ2) is 7.23. The van der Waals surface area contributed by atoms with E-state index in [4.69, 9.17) is 9.47 Å². The van der Waals surface area contributed by atoms with Crippen molar-refractivity contribution in [3.8, 4) is 5.75 Å². The van der Waals surface area contributed by atoms with Gasteiger partial charge >= 0.3 is 5.97 Å². The van der Waals surface area contributed by atoms with Crippen LogP contribution in [-0.2, 0) is 9.53 Å². The first-order valence-electron chi connectivity index (χ1n) is 7.11. The molecule has 0 radical (unpaired) electrons. The van der Waals surface area contributed by atoms with Crippen molar-refractivity contribution in [2.75, 3.05) is 13.4 Å². The SMILES string of the molecule is COc1ccc(Br)cc1C1=N/C(=C/c2ccc(SC)cc2)C(=O)O1. The van der Waals surface area contributed by atoms with Gasteiger partial charge in [0.15, 0.2) is 5.70 Å². The Morgan fingerprint density at radius 3 is 2.62 bits per heavy atom. The van der Waals surface area contributed by atoms with Crippen LogP contribution < -0.4 is 4.74 Å². The second-order valence-electron chi connectivity index (χ2n) is 4.95. The molecule has 0 saturated heterocycles. The summed E-state index contributed by atoms with van der Waals surface area (Å²) in [4.78, 5) is 17.6. The maximum atomic E-state index is 12.1. The van der Waals surface area contributed by atoms with Gasteiger partial charge in [0.1, 0.15) is 5.75 Å². The normalized spacial score (nSPS) is 15.4. The number of methoxy groups -OCH3 is 1. The lowest BCUT2D eigenvalue weighted by Gasteiger charge is -2.07. The average molecular weight is 404 g/mol. The molecule has 4 nitrogen and oxygen atoms in total. The molecule has 2 aromatic carbocycles. The molecule has 1 heterocycles. The van der Waals surface area contributed by atoms with E-state index in [-0.39, 0.29) is 11.6 Å². The number of halogens is 1. The summed E-state index contributed by atoms with van der Waals surface area (Å²) in [5, 5.41) is 0. The van der Waals surface area contributed by atoms with E-state index in [1.54, 1.807) is 37.1 Å². The van der Waals surface area contributed by atoms with Gasteiger partial charge in [-0.2, -0.15) is 0 Å². The summed E-state index contributed by atoms with van der Waals surface area (Å²) in [6.45, 7) is 0. The monoisotopic (exact) mass is 403 g/mol. The van der Waals surface area contributed by atoms with E-state index in [0.717, 1.165) is 14.9 Å². The van der Waals surface area contributed by atoms with E-state index < -0.39 is 5.97 Å². The third-order valence-corrected chi connectivity index (χ3v) is 4.67. The fraction of sp³-hybridized carbons (Fsp3) is 0.111. The molecule has 3 rings (SSSR count). The van der Waals surface area contributed by atoms with Crippen LogP contribution in [0.5, 0.6) is 5.75 Å². The van der Waals surface area contributed by atoms with Crippen LogP contribution in [0.4, 0.5) is 0 Å². The lowest BCUT2D eigenvalue weighted by Crippen LogP contribution is -2.07. The molecule has 0 unspecified atom stereocenters. The summed E-state index contributed by atoms with van der Waals surface area (Å²) in [6.07, 6.45) is 3.73. The molecular weight excluding hydrogens is 390 g/mol. The van der Waals surface area contributed by atoms with Crippen LogP contribution in [0, 0.1) is 0 Å². The molecule has 0 N–H and O–H groups in total. The molecule has 0 saturated carbocycles. The molecule has 122 valence electrons. The van der Waals surface area contributed by atoms with E-state index in [0.29, 0.717) is 11.3 Å². The van der Waals surface area contributed by atoms with Crippen molar-refractivity contribution in [1.29, 1.82) is 0 Å². The number of hydrogen-bond donors (Lipinski definition) is 0. The molecule has 1 aliphatic rings. The van der Waals surface area contributed by atoms with Crippen LogP contribution >= 0.6 is 27.7 Å². The van der Waals surface area contributed by atoms with Crippen molar-refractivity contribution in [3.05, 3.63) is 63.8 Å². The fourth-order valence-electron chi connectivity index (χ4n) is 2.23. The predicted molar refractivity (Wildman–Crippen MR) is 99.5 cm³/mol. The van der Waals surface area contributed by atoms with E-state index in [1.165, 1.54) is 0 Å².